The Hall–Kier alpha value is -2.32. The van der Waals surface area contributed by atoms with Crippen LogP contribution in [0.25, 0.3) is 5.57 Å². The molecule has 1 atom stereocenters. The van der Waals surface area contributed by atoms with E-state index in [-0.39, 0.29) is 30.7 Å². The minimum absolute atomic E-state index is 0. The fraction of sp³-hybridized carbons (Fsp3) is 0.455. The predicted molar refractivity (Wildman–Crippen MR) is 117 cm³/mol. The van der Waals surface area contributed by atoms with Crippen molar-refractivity contribution in [3.05, 3.63) is 54.0 Å². The maximum Gasteiger partial charge on any atom is 0.419 e. The van der Waals surface area contributed by atoms with Gasteiger partial charge in [0.25, 0.3) is 0 Å². The normalized spacial score (nSPS) is 19.4. The van der Waals surface area contributed by atoms with E-state index in [1.165, 1.54) is 17.7 Å². The molecule has 2 aromatic rings. The minimum atomic E-state index is -4.42. The highest BCUT2D eigenvalue weighted by Gasteiger charge is 2.34. The molecule has 2 aliphatic rings. The number of rotatable bonds is 5. The Morgan fingerprint density at radius 1 is 1.19 bits per heavy atom. The van der Waals surface area contributed by atoms with Crippen LogP contribution in [-0.2, 0) is 6.18 Å². The molecule has 1 N–H and O–H groups in total. The van der Waals surface area contributed by atoms with Gasteiger partial charge in [0.1, 0.15) is 11.6 Å². The largest absolute Gasteiger partial charge is 0.493 e. The van der Waals surface area contributed by atoms with Crippen LogP contribution in [0.15, 0.2) is 42.7 Å². The average Bonchev–Trinajstić information content (AvgIpc) is 2.78. The Balaban J connectivity index is 0.00000272. The first-order chi connectivity index (χ1) is 14.5. The van der Waals surface area contributed by atoms with E-state index in [0.717, 1.165) is 56.5 Å². The van der Waals surface area contributed by atoms with Gasteiger partial charge in [0.2, 0.25) is 0 Å². The van der Waals surface area contributed by atoms with Crippen molar-refractivity contribution in [1.82, 2.24) is 15.3 Å². The minimum Gasteiger partial charge on any atom is -0.493 e. The average molecular weight is 455 g/mol. The number of halogens is 4. The lowest BCUT2D eigenvalue weighted by molar-refractivity contribution is -0.139. The van der Waals surface area contributed by atoms with E-state index in [2.05, 4.69) is 21.3 Å². The summed E-state index contributed by atoms with van der Waals surface area (Å²) in [6, 6.07) is 5.37. The summed E-state index contributed by atoms with van der Waals surface area (Å²) in [7, 11) is 0. The monoisotopic (exact) mass is 454 g/mol. The molecule has 0 bridgehead atoms. The van der Waals surface area contributed by atoms with Crippen LogP contribution in [0.2, 0.25) is 0 Å². The van der Waals surface area contributed by atoms with Gasteiger partial charge in [0.05, 0.1) is 30.3 Å². The number of anilines is 1. The molecule has 0 amide bonds. The van der Waals surface area contributed by atoms with E-state index in [1.54, 1.807) is 18.5 Å². The summed E-state index contributed by atoms with van der Waals surface area (Å²) in [5.74, 6) is 0.831. The first kappa shape index (κ1) is 23.3. The second-order valence-electron chi connectivity index (χ2n) is 7.71. The molecule has 1 aromatic heterocycles. The number of aromatic nitrogens is 2. The van der Waals surface area contributed by atoms with Crippen molar-refractivity contribution >= 4 is 23.8 Å². The summed E-state index contributed by atoms with van der Waals surface area (Å²) in [4.78, 5) is 11.3. The third kappa shape index (κ3) is 5.89. The molecule has 0 spiro atoms. The van der Waals surface area contributed by atoms with Crippen molar-refractivity contribution in [3.8, 4) is 5.75 Å². The third-order valence-electron chi connectivity index (χ3n) is 5.52. The first-order valence-electron chi connectivity index (χ1n) is 10.3. The number of nitrogens with zero attached hydrogens (tertiary/aromatic N) is 3. The van der Waals surface area contributed by atoms with E-state index in [1.807, 2.05) is 0 Å². The lowest BCUT2D eigenvalue weighted by Crippen LogP contribution is -2.38. The van der Waals surface area contributed by atoms with Crippen molar-refractivity contribution in [2.45, 2.75) is 25.4 Å². The maximum absolute atomic E-state index is 13.2. The Kier molecular flexibility index (Phi) is 7.78. The summed E-state index contributed by atoms with van der Waals surface area (Å²) in [6.07, 6.45) is 4.04. The third-order valence-corrected chi connectivity index (χ3v) is 5.52. The number of piperidine rings is 1. The Bertz CT molecular complexity index is 906. The predicted octanol–water partition coefficient (Wildman–Crippen LogP) is 4.59. The number of para-hydroxylation sites is 1. The molecular formula is C22H26ClF3N4O. The Morgan fingerprint density at radius 3 is 2.81 bits per heavy atom. The standard InChI is InChI=1S/C22H25F3N4O.ClH/c23-22(24,25)18-5-1-2-6-20(18)30-15-16-4-3-11-29(14-16)21-13-27-12-19(28-21)17-7-9-26-10-8-17;/h1-2,5-7,12-13,16,26H,3-4,8-11,14-15H2;1H. The lowest BCUT2D eigenvalue weighted by atomic mass is 9.99. The number of hydrogen-bond donors (Lipinski definition) is 1. The van der Waals surface area contributed by atoms with Crippen LogP contribution in [0, 0.1) is 5.92 Å². The van der Waals surface area contributed by atoms with Crippen molar-refractivity contribution in [2.24, 2.45) is 5.92 Å². The Labute approximate surface area is 186 Å². The van der Waals surface area contributed by atoms with Crippen LogP contribution in [-0.4, -0.2) is 42.8 Å². The molecule has 1 aromatic carbocycles. The molecule has 9 heteroatoms. The summed E-state index contributed by atoms with van der Waals surface area (Å²) >= 11 is 0. The van der Waals surface area contributed by atoms with Crippen LogP contribution in [0.5, 0.6) is 5.75 Å². The Morgan fingerprint density at radius 2 is 2.03 bits per heavy atom. The van der Waals surface area contributed by atoms with Gasteiger partial charge in [-0.15, -0.1) is 12.4 Å². The molecule has 3 heterocycles. The molecule has 2 aliphatic heterocycles. The van der Waals surface area contributed by atoms with Gasteiger partial charge in [-0.25, -0.2) is 4.98 Å². The van der Waals surface area contributed by atoms with Crippen molar-refractivity contribution in [1.29, 1.82) is 0 Å². The molecule has 1 fully saturated rings. The van der Waals surface area contributed by atoms with Crippen LogP contribution in [0.1, 0.15) is 30.5 Å². The highest BCUT2D eigenvalue weighted by Crippen LogP contribution is 2.36. The van der Waals surface area contributed by atoms with E-state index in [0.29, 0.717) is 6.54 Å². The SMILES string of the molecule is Cl.FC(F)(F)c1ccccc1OCC1CCCN(c2cncc(C3=CCNCC3)n2)C1. The van der Waals surface area contributed by atoms with Crippen molar-refractivity contribution in [2.75, 3.05) is 37.7 Å². The maximum atomic E-state index is 13.2. The van der Waals surface area contributed by atoms with Gasteiger partial charge in [-0.3, -0.25) is 4.98 Å². The fourth-order valence-electron chi connectivity index (χ4n) is 3.96. The van der Waals surface area contributed by atoms with Crippen LogP contribution >= 0.6 is 12.4 Å². The molecule has 5 nitrogen and oxygen atoms in total. The molecule has 0 aliphatic carbocycles. The first-order valence-corrected chi connectivity index (χ1v) is 10.3. The van der Waals surface area contributed by atoms with E-state index < -0.39 is 11.7 Å². The number of benzene rings is 1. The van der Waals surface area contributed by atoms with E-state index >= 15 is 0 Å². The zero-order valence-electron chi connectivity index (χ0n) is 17.1. The molecule has 168 valence electrons. The van der Waals surface area contributed by atoms with Gasteiger partial charge < -0.3 is 15.0 Å². The van der Waals surface area contributed by atoms with E-state index in [4.69, 9.17) is 9.72 Å². The molecule has 31 heavy (non-hydrogen) atoms. The smallest absolute Gasteiger partial charge is 0.419 e. The van der Waals surface area contributed by atoms with Crippen molar-refractivity contribution < 1.29 is 17.9 Å². The van der Waals surface area contributed by atoms with Gasteiger partial charge in [0, 0.05) is 25.6 Å². The van der Waals surface area contributed by atoms with Crippen LogP contribution in [0.4, 0.5) is 19.0 Å². The van der Waals surface area contributed by atoms with Crippen LogP contribution < -0.4 is 15.0 Å². The molecular weight excluding hydrogens is 429 g/mol. The quantitative estimate of drug-likeness (QED) is 0.716. The lowest BCUT2D eigenvalue weighted by Gasteiger charge is -2.33. The highest BCUT2D eigenvalue weighted by atomic mass is 35.5. The van der Waals surface area contributed by atoms with Gasteiger partial charge in [0.15, 0.2) is 0 Å². The number of alkyl halides is 3. The zero-order chi connectivity index (χ0) is 21.0. The summed E-state index contributed by atoms with van der Waals surface area (Å²) < 4.78 is 45.1. The molecule has 1 saturated heterocycles. The number of nitrogens with one attached hydrogen (secondary N) is 1. The van der Waals surface area contributed by atoms with Gasteiger partial charge in [-0.1, -0.05) is 18.2 Å². The zero-order valence-corrected chi connectivity index (χ0v) is 17.9. The van der Waals surface area contributed by atoms with Gasteiger partial charge >= 0.3 is 6.18 Å². The van der Waals surface area contributed by atoms with Gasteiger partial charge in [-0.05, 0) is 43.5 Å². The van der Waals surface area contributed by atoms with E-state index in [9.17, 15) is 13.2 Å². The second-order valence-corrected chi connectivity index (χ2v) is 7.71. The number of hydrogen-bond acceptors (Lipinski definition) is 5. The molecule has 0 radical (unpaired) electrons. The fourth-order valence-corrected chi connectivity index (χ4v) is 3.96. The summed E-state index contributed by atoms with van der Waals surface area (Å²) in [6.45, 7) is 3.55. The number of ether oxygens (including phenoxy) is 1. The summed E-state index contributed by atoms with van der Waals surface area (Å²) in [5, 5.41) is 3.29. The molecule has 4 rings (SSSR count). The molecule has 1 unspecified atom stereocenters. The highest BCUT2D eigenvalue weighted by molar-refractivity contribution is 5.85. The van der Waals surface area contributed by atoms with Gasteiger partial charge in [-0.2, -0.15) is 13.2 Å². The van der Waals surface area contributed by atoms with Crippen LogP contribution in [0.3, 0.4) is 0 Å². The van der Waals surface area contributed by atoms with Crippen molar-refractivity contribution in [3.63, 3.8) is 0 Å². The topological polar surface area (TPSA) is 50.3 Å². The summed E-state index contributed by atoms with van der Waals surface area (Å²) in [5.41, 5.74) is 1.36. The molecule has 0 saturated carbocycles. The second kappa shape index (κ2) is 10.3.